The number of ketones is 1. The van der Waals surface area contributed by atoms with Crippen molar-refractivity contribution in [2.75, 3.05) is 10.2 Å². The van der Waals surface area contributed by atoms with Gasteiger partial charge < -0.3 is 20.1 Å². The summed E-state index contributed by atoms with van der Waals surface area (Å²) in [6.45, 7) is 8.85. The van der Waals surface area contributed by atoms with Gasteiger partial charge in [0.15, 0.2) is 5.78 Å². The van der Waals surface area contributed by atoms with Gasteiger partial charge in [-0.3, -0.25) is 4.79 Å². The molecule has 1 aliphatic heterocycles. The molecule has 1 atom stereocenters. The number of carbonyl (C=O) groups is 1. The first-order valence-corrected chi connectivity index (χ1v) is 16.4. The van der Waals surface area contributed by atoms with Crippen LogP contribution in [0.1, 0.15) is 49.6 Å². The second-order valence-corrected chi connectivity index (χ2v) is 13.6. The van der Waals surface area contributed by atoms with Crippen LogP contribution < -0.4 is 15.0 Å². The van der Waals surface area contributed by atoms with Crippen molar-refractivity contribution in [1.82, 2.24) is 4.98 Å². The van der Waals surface area contributed by atoms with Crippen molar-refractivity contribution in [3.8, 4) is 22.1 Å². The van der Waals surface area contributed by atoms with Gasteiger partial charge in [0, 0.05) is 40.3 Å². The van der Waals surface area contributed by atoms with Crippen LogP contribution in [0, 0.1) is 11.2 Å². The summed E-state index contributed by atoms with van der Waals surface area (Å²) < 4.78 is 22.4. The van der Waals surface area contributed by atoms with Crippen molar-refractivity contribution in [3.05, 3.63) is 143 Å². The van der Waals surface area contributed by atoms with E-state index in [4.69, 9.17) is 9.72 Å². The summed E-state index contributed by atoms with van der Waals surface area (Å²) in [6, 6.07) is 28.6. The highest BCUT2D eigenvalue weighted by Crippen LogP contribution is 2.53. The van der Waals surface area contributed by atoms with E-state index in [2.05, 4.69) is 11.9 Å². The summed E-state index contributed by atoms with van der Waals surface area (Å²) in [5, 5.41) is 17.3. The Labute approximate surface area is 277 Å². The zero-order chi connectivity index (χ0) is 32.7. The number of aromatic hydroxyl groups is 1. The van der Waals surface area contributed by atoms with Crippen molar-refractivity contribution >= 4 is 34.2 Å². The third-order valence-electron chi connectivity index (χ3n) is 8.63. The maximum absolute atomic E-state index is 16.5. The molecule has 1 aliphatic carbocycles. The summed E-state index contributed by atoms with van der Waals surface area (Å²) in [7, 11) is 0. The van der Waals surface area contributed by atoms with Gasteiger partial charge in [0.25, 0.3) is 0 Å². The number of allylic oxidation sites excluding steroid dienone is 1. The lowest BCUT2D eigenvalue weighted by molar-refractivity contribution is -0.118. The van der Waals surface area contributed by atoms with Crippen LogP contribution >= 0.6 is 11.3 Å². The molecule has 0 fully saturated rings. The quantitative estimate of drug-likeness (QED) is 0.172. The maximum atomic E-state index is 16.5. The number of ether oxygens (including phenoxy) is 1. The molecule has 7 rings (SSSR count). The Kier molecular flexibility index (Phi) is 7.90. The lowest BCUT2D eigenvalue weighted by Crippen LogP contribution is -2.35. The van der Waals surface area contributed by atoms with Crippen LogP contribution in [0.5, 0.6) is 11.5 Å². The third kappa shape index (κ3) is 5.92. The van der Waals surface area contributed by atoms with Crippen LogP contribution in [-0.4, -0.2) is 15.9 Å². The van der Waals surface area contributed by atoms with Crippen LogP contribution in [0.3, 0.4) is 0 Å². The molecule has 0 radical (unpaired) electrons. The highest BCUT2D eigenvalue weighted by Gasteiger charge is 2.44. The van der Waals surface area contributed by atoms with Gasteiger partial charge in [0.1, 0.15) is 34.6 Å². The Hall–Kier alpha value is -5.21. The molecule has 0 spiro atoms. The zero-order valence-corrected chi connectivity index (χ0v) is 27.0. The van der Waals surface area contributed by atoms with Gasteiger partial charge >= 0.3 is 0 Å². The number of nitrogens with zero attached hydrogens (tertiary/aromatic N) is 2. The van der Waals surface area contributed by atoms with E-state index in [1.807, 2.05) is 90.9 Å². The number of anilines is 2. The zero-order valence-electron chi connectivity index (χ0n) is 26.2. The van der Waals surface area contributed by atoms with Crippen LogP contribution in [0.25, 0.3) is 16.3 Å². The number of phenolic OH excluding ortho intramolecular Hbond substituents is 1. The first kappa shape index (κ1) is 30.4. The van der Waals surface area contributed by atoms with Crippen molar-refractivity contribution in [2.24, 2.45) is 5.41 Å². The Balaban J connectivity index is 1.38. The summed E-state index contributed by atoms with van der Waals surface area (Å²) in [5.74, 6) is -0.222. The molecule has 2 aliphatic rings. The molecule has 0 saturated heterocycles. The summed E-state index contributed by atoms with van der Waals surface area (Å²) in [6.07, 6.45) is 0.828. The summed E-state index contributed by atoms with van der Waals surface area (Å²) in [5.41, 5.74) is 5.02. The van der Waals surface area contributed by atoms with Crippen LogP contribution in [-0.2, 0) is 11.4 Å². The van der Waals surface area contributed by atoms with E-state index < -0.39 is 11.9 Å². The molecule has 0 amide bonds. The molecule has 8 heteroatoms. The SMILES string of the molecule is C=C(c1csc(-c2ccccc2)n1)N1c2cccc(O)c2NC2=C(C(=O)CC(C)(C)C2)C1c1ccc(OCc2ccccc2)cc1F. The Bertz CT molecular complexity index is 2020. The molecule has 6 nitrogen and oxygen atoms in total. The molecule has 2 heterocycles. The number of hydrogen-bond acceptors (Lipinski definition) is 7. The summed E-state index contributed by atoms with van der Waals surface area (Å²) >= 11 is 1.48. The predicted molar refractivity (Wildman–Crippen MR) is 186 cm³/mol. The average molecular weight is 644 g/mol. The minimum Gasteiger partial charge on any atom is -0.506 e. The highest BCUT2D eigenvalue weighted by molar-refractivity contribution is 7.13. The lowest BCUT2D eigenvalue weighted by Gasteiger charge is -2.38. The number of para-hydroxylation sites is 1. The van der Waals surface area contributed by atoms with E-state index >= 15 is 4.39 Å². The van der Waals surface area contributed by atoms with Gasteiger partial charge in [-0.15, -0.1) is 11.3 Å². The van der Waals surface area contributed by atoms with Crippen LogP contribution in [0.4, 0.5) is 15.8 Å². The molecular formula is C39H34FN3O3S. The number of Topliss-reactive ketones (excluding diaryl/α,β-unsaturated/α-hetero) is 1. The molecule has 4 aromatic carbocycles. The van der Waals surface area contributed by atoms with Gasteiger partial charge in [-0.2, -0.15) is 0 Å². The van der Waals surface area contributed by atoms with E-state index in [0.717, 1.165) is 16.1 Å². The van der Waals surface area contributed by atoms with Crippen molar-refractivity contribution in [1.29, 1.82) is 0 Å². The van der Waals surface area contributed by atoms with E-state index in [-0.39, 0.29) is 22.5 Å². The number of aromatic nitrogens is 1. The largest absolute Gasteiger partial charge is 0.506 e. The molecule has 2 N–H and O–H groups in total. The molecule has 5 aromatic rings. The Morgan fingerprint density at radius 1 is 1.04 bits per heavy atom. The van der Waals surface area contributed by atoms with Gasteiger partial charge in [-0.05, 0) is 41.7 Å². The average Bonchev–Trinajstić information content (AvgIpc) is 3.50. The molecular weight excluding hydrogens is 610 g/mol. The lowest BCUT2D eigenvalue weighted by atomic mass is 9.73. The van der Waals surface area contributed by atoms with Gasteiger partial charge in [-0.25, -0.2) is 9.37 Å². The van der Waals surface area contributed by atoms with E-state index in [1.165, 1.54) is 17.4 Å². The van der Waals surface area contributed by atoms with Gasteiger partial charge in [0.05, 0.1) is 23.1 Å². The molecule has 0 saturated carbocycles. The maximum Gasteiger partial charge on any atom is 0.163 e. The number of hydrogen-bond donors (Lipinski definition) is 2. The number of rotatable bonds is 7. The predicted octanol–water partition coefficient (Wildman–Crippen LogP) is 9.52. The minimum absolute atomic E-state index is 0.0111. The topological polar surface area (TPSA) is 74.7 Å². The number of thiazole rings is 1. The minimum atomic E-state index is -0.901. The molecule has 0 bridgehead atoms. The normalized spacial score (nSPS) is 17.0. The van der Waals surface area contributed by atoms with Gasteiger partial charge in [0.2, 0.25) is 0 Å². The second-order valence-electron chi connectivity index (χ2n) is 12.7. The fourth-order valence-electron chi connectivity index (χ4n) is 6.44. The fourth-order valence-corrected chi connectivity index (χ4v) is 7.27. The molecule has 1 aromatic heterocycles. The fraction of sp³-hybridized carbons (Fsp3) is 0.179. The first-order chi connectivity index (χ1) is 22.7. The van der Waals surface area contributed by atoms with E-state index in [1.54, 1.807) is 24.3 Å². The first-order valence-electron chi connectivity index (χ1n) is 15.5. The molecule has 1 unspecified atom stereocenters. The monoisotopic (exact) mass is 643 g/mol. The standard InChI is InChI=1S/C39H34FN3O3S/c1-24(31-23-47-38(42-31)26-13-8-5-9-14-26)43-32-15-10-16-33(44)36(32)41-30-20-39(2,3)21-34(45)35(30)37(43)28-18-17-27(19-29(28)40)46-22-25-11-6-4-7-12-25/h4-19,23,37,41,44H,1,20-22H2,2-3H3. The van der Waals surface area contributed by atoms with Crippen LogP contribution in [0.15, 0.2) is 120 Å². The Morgan fingerprint density at radius 2 is 1.79 bits per heavy atom. The highest BCUT2D eigenvalue weighted by atomic mass is 32.1. The van der Waals surface area contributed by atoms with E-state index in [0.29, 0.717) is 59.2 Å². The smallest absolute Gasteiger partial charge is 0.163 e. The number of phenols is 1. The number of fused-ring (bicyclic) bond motifs is 1. The number of nitrogens with one attached hydrogen (secondary N) is 1. The van der Waals surface area contributed by atoms with Crippen molar-refractivity contribution < 1.29 is 19.0 Å². The van der Waals surface area contributed by atoms with Crippen molar-refractivity contribution in [3.63, 3.8) is 0 Å². The third-order valence-corrected chi connectivity index (χ3v) is 9.53. The Morgan fingerprint density at radius 3 is 2.53 bits per heavy atom. The number of carbonyl (C=O) groups excluding carboxylic acids is 1. The number of halogens is 1. The van der Waals surface area contributed by atoms with Gasteiger partial charge in [-0.1, -0.05) is 87.2 Å². The molecule has 47 heavy (non-hydrogen) atoms. The summed E-state index contributed by atoms with van der Waals surface area (Å²) in [4.78, 5) is 20.9. The molecule has 236 valence electrons. The van der Waals surface area contributed by atoms with E-state index in [9.17, 15) is 9.90 Å². The number of benzene rings is 4. The van der Waals surface area contributed by atoms with Crippen molar-refractivity contribution in [2.45, 2.75) is 39.3 Å². The van der Waals surface area contributed by atoms with Crippen LogP contribution in [0.2, 0.25) is 0 Å². The second kappa shape index (κ2) is 12.2.